The highest BCUT2D eigenvalue weighted by Crippen LogP contribution is 2.14. The molecule has 0 radical (unpaired) electrons. The Kier molecular flexibility index (Phi) is 4.57. The van der Waals surface area contributed by atoms with Crippen molar-refractivity contribution in [3.63, 3.8) is 0 Å². The third-order valence-corrected chi connectivity index (χ3v) is 3.66. The summed E-state index contributed by atoms with van der Waals surface area (Å²) in [6, 6.07) is 8.81. The molecule has 0 aromatic heterocycles. The van der Waals surface area contributed by atoms with Crippen molar-refractivity contribution in [2.75, 3.05) is 26.2 Å². The van der Waals surface area contributed by atoms with Crippen molar-refractivity contribution < 1.29 is 0 Å². The molecule has 17 heavy (non-hydrogen) atoms. The molecule has 2 N–H and O–H groups in total. The summed E-state index contributed by atoms with van der Waals surface area (Å²) < 4.78 is 0. The SMILES string of the molecule is Cc1cccc(CC(CN)CN2CCCC2)c1. The average molecular weight is 232 g/mol. The normalized spacial score (nSPS) is 18.5. The van der Waals surface area contributed by atoms with Crippen LogP contribution in [0.3, 0.4) is 0 Å². The van der Waals surface area contributed by atoms with E-state index in [1.54, 1.807) is 0 Å². The summed E-state index contributed by atoms with van der Waals surface area (Å²) >= 11 is 0. The molecule has 1 aromatic carbocycles. The Hall–Kier alpha value is -0.860. The zero-order valence-electron chi connectivity index (χ0n) is 10.9. The molecule has 1 aliphatic heterocycles. The van der Waals surface area contributed by atoms with E-state index in [1.807, 2.05) is 0 Å². The number of hydrogen-bond acceptors (Lipinski definition) is 2. The van der Waals surface area contributed by atoms with E-state index in [0.717, 1.165) is 13.0 Å². The summed E-state index contributed by atoms with van der Waals surface area (Å²) in [6.45, 7) is 6.66. The molecule has 94 valence electrons. The number of hydrogen-bond donors (Lipinski definition) is 1. The van der Waals surface area contributed by atoms with Gasteiger partial charge in [-0.25, -0.2) is 0 Å². The number of nitrogens with zero attached hydrogens (tertiary/aromatic N) is 1. The fourth-order valence-electron chi connectivity index (χ4n) is 2.73. The lowest BCUT2D eigenvalue weighted by Gasteiger charge is -2.22. The standard InChI is InChI=1S/C15H24N2/c1-13-5-4-6-14(9-13)10-15(11-16)12-17-7-2-3-8-17/h4-6,9,15H,2-3,7-8,10-12,16H2,1H3. The maximum absolute atomic E-state index is 5.91. The Balaban J connectivity index is 1.90. The Morgan fingerprint density at radius 3 is 2.71 bits per heavy atom. The fraction of sp³-hybridized carbons (Fsp3) is 0.600. The van der Waals surface area contributed by atoms with E-state index >= 15 is 0 Å². The monoisotopic (exact) mass is 232 g/mol. The van der Waals surface area contributed by atoms with E-state index < -0.39 is 0 Å². The van der Waals surface area contributed by atoms with Crippen molar-refractivity contribution in [1.82, 2.24) is 4.90 Å². The molecule has 1 fully saturated rings. The molecule has 0 saturated carbocycles. The molecule has 1 aromatic rings. The van der Waals surface area contributed by atoms with Gasteiger partial charge < -0.3 is 10.6 Å². The van der Waals surface area contributed by atoms with E-state index in [1.165, 1.54) is 43.6 Å². The summed E-state index contributed by atoms with van der Waals surface area (Å²) in [5.74, 6) is 0.606. The molecular weight excluding hydrogens is 208 g/mol. The first-order valence-corrected chi connectivity index (χ1v) is 6.76. The molecule has 2 rings (SSSR count). The molecule has 2 nitrogen and oxygen atoms in total. The van der Waals surface area contributed by atoms with Gasteiger partial charge in [-0.1, -0.05) is 29.8 Å². The summed E-state index contributed by atoms with van der Waals surface area (Å²) in [7, 11) is 0. The van der Waals surface area contributed by atoms with Crippen LogP contribution in [0.5, 0.6) is 0 Å². The minimum Gasteiger partial charge on any atom is -0.330 e. The lowest BCUT2D eigenvalue weighted by Crippen LogP contribution is -2.32. The second kappa shape index (κ2) is 6.18. The Morgan fingerprint density at radius 1 is 1.29 bits per heavy atom. The van der Waals surface area contributed by atoms with Gasteiger partial charge in [-0.05, 0) is 57.3 Å². The van der Waals surface area contributed by atoms with Gasteiger partial charge in [0.1, 0.15) is 0 Å². The molecule has 0 aliphatic carbocycles. The smallest absolute Gasteiger partial charge is 0.00249 e. The Labute approximate surface area is 105 Å². The van der Waals surface area contributed by atoms with Crippen LogP contribution in [0.2, 0.25) is 0 Å². The first kappa shape index (κ1) is 12.6. The highest BCUT2D eigenvalue weighted by atomic mass is 15.1. The van der Waals surface area contributed by atoms with Crippen LogP contribution >= 0.6 is 0 Å². The number of rotatable bonds is 5. The molecule has 0 amide bonds. The molecule has 1 heterocycles. The van der Waals surface area contributed by atoms with Gasteiger partial charge in [-0.3, -0.25) is 0 Å². The van der Waals surface area contributed by atoms with Crippen LogP contribution in [0, 0.1) is 12.8 Å². The zero-order valence-corrected chi connectivity index (χ0v) is 10.9. The lowest BCUT2D eigenvalue weighted by molar-refractivity contribution is 0.279. The van der Waals surface area contributed by atoms with Gasteiger partial charge in [0, 0.05) is 6.54 Å². The van der Waals surface area contributed by atoms with E-state index in [2.05, 4.69) is 36.1 Å². The first-order valence-electron chi connectivity index (χ1n) is 6.76. The molecule has 1 saturated heterocycles. The summed E-state index contributed by atoms with van der Waals surface area (Å²) in [5, 5.41) is 0. The highest BCUT2D eigenvalue weighted by molar-refractivity contribution is 5.22. The number of aryl methyl sites for hydroxylation is 1. The van der Waals surface area contributed by atoms with E-state index in [4.69, 9.17) is 5.73 Å². The van der Waals surface area contributed by atoms with Crippen molar-refractivity contribution in [3.05, 3.63) is 35.4 Å². The van der Waals surface area contributed by atoms with Crippen LogP contribution in [0.4, 0.5) is 0 Å². The predicted octanol–water partition coefficient (Wildman–Crippen LogP) is 2.21. The van der Waals surface area contributed by atoms with E-state index in [0.29, 0.717) is 5.92 Å². The van der Waals surface area contributed by atoms with E-state index in [9.17, 15) is 0 Å². The summed E-state index contributed by atoms with van der Waals surface area (Å²) in [6.07, 6.45) is 3.85. The molecule has 0 bridgehead atoms. The largest absolute Gasteiger partial charge is 0.330 e. The van der Waals surface area contributed by atoms with Gasteiger partial charge in [-0.2, -0.15) is 0 Å². The van der Waals surface area contributed by atoms with Crippen LogP contribution in [0.15, 0.2) is 24.3 Å². The number of likely N-dealkylation sites (tertiary alicyclic amines) is 1. The Bertz CT molecular complexity index is 343. The maximum Gasteiger partial charge on any atom is 0.00249 e. The molecular formula is C15H24N2. The number of benzene rings is 1. The second-order valence-electron chi connectivity index (χ2n) is 5.30. The van der Waals surface area contributed by atoms with E-state index in [-0.39, 0.29) is 0 Å². The molecule has 2 heteroatoms. The minimum atomic E-state index is 0.606. The Morgan fingerprint density at radius 2 is 2.06 bits per heavy atom. The fourth-order valence-corrected chi connectivity index (χ4v) is 2.73. The van der Waals surface area contributed by atoms with Gasteiger partial charge in [0.15, 0.2) is 0 Å². The zero-order chi connectivity index (χ0) is 12.1. The lowest BCUT2D eigenvalue weighted by atomic mass is 9.98. The van der Waals surface area contributed by atoms with Gasteiger partial charge >= 0.3 is 0 Å². The van der Waals surface area contributed by atoms with Crippen LogP contribution in [-0.4, -0.2) is 31.1 Å². The van der Waals surface area contributed by atoms with Gasteiger partial charge in [0.25, 0.3) is 0 Å². The highest BCUT2D eigenvalue weighted by Gasteiger charge is 2.16. The van der Waals surface area contributed by atoms with Crippen molar-refractivity contribution in [1.29, 1.82) is 0 Å². The molecule has 1 atom stereocenters. The molecule has 1 unspecified atom stereocenters. The maximum atomic E-state index is 5.91. The second-order valence-corrected chi connectivity index (χ2v) is 5.30. The quantitative estimate of drug-likeness (QED) is 0.843. The van der Waals surface area contributed by atoms with Gasteiger partial charge in [0.05, 0.1) is 0 Å². The van der Waals surface area contributed by atoms with Crippen LogP contribution in [-0.2, 0) is 6.42 Å². The first-order chi connectivity index (χ1) is 8.28. The van der Waals surface area contributed by atoms with Crippen molar-refractivity contribution in [3.8, 4) is 0 Å². The molecule has 1 aliphatic rings. The number of nitrogens with two attached hydrogens (primary N) is 1. The summed E-state index contributed by atoms with van der Waals surface area (Å²) in [5.41, 5.74) is 8.69. The minimum absolute atomic E-state index is 0.606. The van der Waals surface area contributed by atoms with Crippen molar-refractivity contribution >= 4 is 0 Å². The molecule has 0 spiro atoms. The van der Waals surface area contributed by atoms with Crippen molar-refractivity contribution in [2.45, 2.75) is 26.2 Å². The van der Waals surface area contributed by atoms with Crippen molar-refractivity contribution in [2.24, 2.45) is 11.7 Å². The predicted molar refractivity (Wildman–Crippen MR) is 73.1 cm³/mol. The third-order valence-electron chi connectivity index (χ3n) is 3.66. The summed E-state index contributed by atoms with van der Waals surface area (Å²) in [4.78, 5) is 2.56. The van der Waals surface area contributed by atoms with Crippen LogP contribution in [0.1, 0.15) is 24.0 Å². The van der Waals surface area contributed by atoms with Gasteiger partial charge in [0.2, 0.25) is 0 Å². The van der Waals surface area contributed by atoms with Crippen LogP contribution in [0.25, 0.3) is 0 Å². The van der Waals surface area contributed by atoms with Crippen LogP contribution < -0.4 is 5.73 Å². The third kappa shape index (κ3) is 3.83. The topological polar surface area (TPSA) is 29.3 Å². The average Bonchev–Trinajstić information content (AvgIpc) is 2.81. The van der Waals surface area contributed by atoms with Gasteiger partial charge in [-0.15, -0.1) is 0 Å².